The van der Waals surface area contributed by atoms with Crippen LogP contribution in [0, 0.1) is 0 Å². The number of rotatable bonds is 7. The number of benzene rings is 1. The largest absolute Gasteiger partial charge is 0.478 e. The third-order valence-corrected chi connectivity index (χ3v) is 5.93. The first-order valence-electron chi connectivity index (χ1n) is 6.86. The summed E-state index contributed by atoms with van der Waals surface area (Å²) in [5.41, 5.74) is 1.60. The third-order valence-electron chi connectivity index (χ3n) is 3.11. The summed E-state index contributed by atoms with van der Waals surface area (Å²) in [5.74, 6) is -1.14. The maximum absolute atomic E-state index is 12.2. The van der Waals surface area contributed by atoms with E-state index in [1.54, 1.807) is 12.1 Å². The van der Waals surface area contributed by atoms with E-state index in [2.05, 4.69) is 11.6 Å². The van der Waals surface area contributed by atoms with Gasteiger partial charge < -0.3 is 5.11 Å². The molecule has 22 heavy (non-hydrogen) atoms. The number of unbranched alkanes of at least 4 members (excludes halogenated alkanes) is 1. The lowest BCUT2D eigenvalue weighted by atomic mass is 10.1. The Morgan fingerprint density at radius 2 is 1.95 bits per heavy atom. The minimum atomic E-state index is -3.75. The number of anilines is 1. The molecule has 2 aromatic rings. The zero-order chi connectivity index (χ0) is 16.2. The minimum Gasteiger partial charge on any atom is -0.478 e. The maximum atomic E-state index is 12.2. The summed E-state index contributed by atoms with van der Waals surface area (Å²) in [5, 5.41) is 10.2. The smallest absolute Gasteiger partial charge is 0.336 e. The molecule has 1 heterocycles. The number of carboxylic acids is 1. The molecule has 0 saturated heterocycles. The fourth-order valence-electron chi connectivity index (χ4n) is 1.90. The molecule has 0 amide bonds. The highest BCUT2D eigenvalue weighted by molar-refractivity contribution is 7.94. The number of carbonyl (C=O) groups is 1. The second kappa shape index (κ2) is 6.93. The average molecular weight is 339 g/mol. The number of carboxylic acid groups (broad SMARTS) is 1. The average Bonchev–Trinajstić information content (AvgIpc) is 2.97. The quantitative estimate of drug-likeness (QED) is 0.807. The molecule has 0 aliphatic carbocycles. The summed E-state index contributed by atoms with van der Waals surface area (Å²) in [6.07, 6.45) is 3.17. The van der Waals surface area contributed by atoms with Crippen molar-refractivity contribution in [2.75, 3.05) is 4.72 Å². The molecule has 0 aliphatic heterocycles. The first kappa shape index (κ1) is 16.5. The first-order valence-corrected chi connectivity index (χ1v) is 9.22. The Bertz CT molecular complexity index is 748. The van der Waals surface area contributed by atoms with Gasteiger partial charge in [0.25, 0.3) is 10.0 Å². The number of aromatic carboxylic acids is 1. The van der Waals surface area contributed by atoms with Crippen molar-refractivity contribution in [1.29, 1.82) is 0 Å². The molecule has 2 rings (SSSR count). The van der Waals surface area contributed by atoms with Gasteiger partial charge in [0.2, 0.25) is 0 Å². The van der Waals surface area contributed by atoms with Gasteiger partial charge in [-0.25, -0.2) is 13.2 Å². The lowest BCUT2D eigenvalue weighted by Gasteiger charge is -2.07. The molecule has 0 spiro atoms. The highest BCUT2D eigenvalue weighted by atomic mass is 32.2. The van der Waals surface area contributed by atoms with Crippen molar-refractivity contribution < 1.29 is 18.3 Å². The van der Waals surface area contributed by atoms with Crippen molar-refractivity contribution in [2.24, 2.45) is 0 Å². The molecule has 0 unspecified atom stereocenters. The minimum absolute atomic E-state index is 0.0139. The Kier molecular flexibility index (Phi) is 5.20. The van der Waals surface area contributed by atoms with Gasteiger partial charge in [-0.3, -0.25) is 4.72 Å². The predicted octanol–water partition coefficient (Wildman–Crippen LogP) is 3.59. The highest BCUT2D eigenvalue weighted by Gasteiger charge is 2.18. The second-order valence-electron chi connectivity index (χ2n) is 4.87. The molecule has 1 aromatic carbocycles. The van der Waals surface area contributed by atoms with E-state index >= 15 is 0 Å². The van der Waals surface area contributed by atoms with Gasteiger partial charge >= 0.3 is 5.97 Å². The van der Waals surface area contributed by atoms with Crippen LogP contribution in [0.4, 0.5) is 5.69 Å². The molecule has 1 aromatic heterocycles. The third kappa shape index (κ3) is 4.08. The van der Waals surface area contributed by atoms with E-state index in [-0.39, 0.29) is 9.77 Å². The van der Waals surface area contributed by atoms with Crippen molar-refractivity contribution in [2.45, 2.75) is 30.4 Å². The number of aryl methyl sites for hydroxylation is 1. The van der Waals surface area contributed by atoms with E-state index in [0.29, 0.717) is 5.69 Å². The fourth-order valence-corrected chi connectivity index (χ4v) is 4.11. The van der Waals surface area contributed by atoms with Crippen LogP contribution in [0.25, 0.3) is 0 Å². The molecule has 0 aliphatic rings. The molecule has 0 saturated carbocycles. The van der Waals surface area contributed by atoms with E-state index < -0.39 is 16.0 Å². The maximum Gasteiger partial charge on any atom is 0.336 e. The molecule has 0 radical (unpaired) electrons. The van der Waals surface area contributed by atoms with Crippen LogP contribution >= 0.6 is 11.3 Å². The highest BCUT2D eigenvalue weighted by Crippen LogP contribution is 2.23. The number of hydrogen-bond acceptors (Lipinski definition) is 4. The Labute approximate surface area is 133 Å². The normalized spacial score (nSPS) is 11.3. The molecular formula is C15H17NO4S2. The van der Waals surface area contributed by atoms with Crippen molar-refractivity contribution >= 4 is 33.0 Å². The summed E-state index contributed by atoms with van der Waals surface area (Å²) < 4.78 is 26.8. The molecule has 118 valence electrons. The molecule has 7 heteroatoms. The topological polar surface area (TPSA) is 83.5 Å². The van der Waals surface area contributed by atoms with Gasteiger partial charge in [0.15, 0.2) is 0 Å². The van der Waals surface area contributed by atoms with Gasteiger partial charge in [0.1, 0.15) is 4.21 Å². The summed E-state index contributed by atoms with van der Waals surface area (Å²) in [7, 11) is -3.75. The van der Waals surface area contributed by atoms with Crippen molar-refractivity contribution in [3.63, 3.8) is 0 Å². The molecule has 0 fully saturated rings. The van der Waals surface area contributed by atoms with E-state index in [0.717, 1.165) is 42.2 Å². The van der Waals surface area contributed by atoms with Crippen LogP contribution in [-0.4, -0.2) is 19.5 Å². The van der Waals surface area contributed by atoms with Gasteiger partial charge in [-0.05, 0) is 36.6 Å². The van der Waals surface area contributed by atoms with Crippen molar-refractivity contribution in [3.05, 3.63) is 46.8 Å². The molecule has 2 N–H and O–H groups in total. The lowest BCUT2D eigenvalue weighted by molar-refractivity contribution is 0.0697. The number of hydrogen-bond donors (Lipinski definition) is 2. The standard InChI is InChI=1S/C15H17NO4S2/c1-2-3-4-11-5-7-13(8-6-11)16-22(19,20)14-9-12(10-21-14)15(17)18/h5-10,16H,2-4H2,1H3,(H,17,18). The van der Waals surface area contributed by atoms with Crippen LogP contribution in [0.2, 0.25) is 0 Å². The van der Waals surface area contributed by atoms with Gasteiger partial charge in [0, 0.05) is 11.1 Å². The Balaban J connectivity index is 2.12. The van der Waals surface area contributed by atoms with E-state index in [1.165, 1.54) is 5.38 Å². The SMILES string of the molecule is CCCCc1ccc(NS(=O)(=O)c2cc(C(=O)O)cs2)cc1. The molecule has 0 bridgehead atoms. The monoisotopic (exact) mass is 339 g/mol. The number of sulfonamides is 1. The summed E-state index contributed by atoms with van der Waals surface area (Å²) >= 11 is 0.887. The lowest BCUT2D eigenvalue weighted by Crippen LogP contribution is -2.11. The fraction of sp³-hybridized carbons (Fsp3) is 0.267. The van der Waals surface area contributed by atoms with Gasteiger partial charge in [-0.15, -0.1) is 11.3 Å². The van der Waals surface area contributed by atoms with Crippen LogP contribution in [0.15, 0.2) is 39.9 Å². The molecule has 0 atom stereocenters. The van der Waals surface area contributed by atoms with E-state index in [4.69, 9.17) is 5.11 Å². The predicted molar refractivity (Wildman–Crippen MR) is 87.1 cm³/mol. The Morgan fingerprint density at radius 1 is 1.27 bits per heavy atom. The van der Waals surface area contributed by atoms with Gasteiger partial charge in [0.05, 0.1) is 5.56 Å². The summed E-state index contributed by atoms with van der Waals surface area (Å²) in [6, 6.07) is 8.38. The van der Waals surface area contributed by atoms with Crippen LogP contribution < -0.4 is 4.72 Å². The van der Waals surface area contributed by atoms with E-state index in [9.17, 15) is 13.2 Å². The van der Waals surface area contributed by atoms with Crippen LogP contribution in [0.5, 0.6) is 0 Å². The van der Waals surface area contributed by atoms with Gasteiger partial charge in [-0.2, -0.15) is 0 Å². The number of nitrogens with one attached hydrogen (secondary N) is 1. The first-order chi connectivity index (χ1) is 10.4. The van der Waals surface area contributed by atoms with E-state index in [1.807, 2.05) is 12.1 Å². The van der Waals surface area contributed by atoms with Crippen molar-refractivity contribution in [3.8, 4) is 0 Å². The molecular weight excluding hydrogens is 322 g/mol. The zero-order valence-corrected chi connectivity index (χ0v) is 13.7. The van der Waals surface area contributed by atoms with Crippen molar-refractivity contribution in [1.82, 2.24) is 0 Å². The van der Waals surface area contributed by atoms with Gasteiger partial charge in [-0.1, -0.05) is 25.5 Å². The van der Waals surface area contributed by atoms with Crippen LogP contribution in [-0.2, 0) is 16.4 Å². The zero-order valence-electron chi connectivity index (χ0n) is 12.1. The second-order valence-corrected chi connectivity index (χ2v) is 7.69. The Hall–Kier alpha value is -1.86. The Morgan fingerprint density at radius 3 is 2.50 bits per heavy atom. The molecule has 5 nitrogen and oxygen atoms in total. The summed E-state index contributed by atoms with van der Waals surface area (Å²) in [6.45, 7) is 2.12. The summed E-state index contributed by atoms with van der Waals surface area (Å²) in [4.78, 5) is 10.8. The van der Waals surface area contributed by atoms with Crippen LogP contribution in [0.3, 0.4) is 0 Å². The number of thiophene rings is 1. The van der Waals surface area contributed by atoms with Crippen LogP contribution in [0.1, 0.15) is 35.7 Å².